The first-order valence-corrected chi connectivity index (χ1v) is 10.9. The van der Waals surface area contributed by atoms with E-state index in [1.54, 1.807) is 32.5 Å². The molecule has 6 nitrogen and oxygen atoms in total. The van der Waals surface area contributed by atoms with Gasteiger partial charge < -0.3 is 15.4 Å². The standard InChI is InChI=1S/C19H25N3O3S2.H2S/c1-19(2,3)25-18(24)21-14(10-11-26-4)16(23)22-17-20-15(12-27-17)13-8-6-5-7-9-13;/h5-9,12,14H,10-11H2,1-4H3,(H,21,24)(H,20,22,23);1H2/t14-;/m0./s1. The zero-order chi connectivity index (χ0) is 19.9. The number of thioether (sulfide) groups is 1. The van der Waals surface area contributed by atoms with E-state index >= 15 is 0 Å². The summed E-state index contributed by atoms with van der Waals surface area (Å²) in [7, 11) is 0. The molecule has 9 heteroatoms. The lowest BCUT2D eigenvalue weighted by Gasteiger charge is -2.23. The normalized spacial score (nSPS) is 11.9. The maximum atomic E-state index is 12.6. The molecule has 28 heavy (non-hydrogen) atoms. The molecule has 0 radical (unpaired) electrons. The Hall–Kier alpha value is -1.71. The Morgan fingerprint density at radius 2 is 1.93 bits per heavy atom. The van der Waals surface area contributed by atoms with Gasteiger partial charge in [0, 0.05) is 10.9 Å². The summed E-state index contributed by atoms with van der Waals surface area (Å²) in [6, 6.07) is 9.07. The van der Waals surface area contributed by atoms with Crippen molar-refractivity contribution in [2.24, 2.45) is 0 Å². The molecule has 1 atom stereocenters. The van der Waals surface area contributed by atoms with E-state index < -0.39 is 17.7 Å². The summed E-state index contributed by atoms with van der Waals surface area (Å²) in [6.45, 7) is 5.35. The van der Waals surface area contributed by atoms with Gasteiger partial charge in [-0.3, -0.25) is 4.79 Å². The van der Waals surface area contributed by atoms with E-state index in [9.17, 15) is 9.59 Å². The van der Waals surface area contributed by atoms with E-state index in [1.165, 1.54) is 11.3 Å². The van der Waals surface area contributed by atoms with E-state index in [4.69, 9.17) is 4.74 Å². The number of nitrogens with zero attached hydrogens (tertiary/aromatic N) is 1. The number of nitrogens with one attached hydrogen (secondary N) is 2. The van der Waals surface area contributed by atoms with Crippen molar-refractivity contribution in [3.63, 3.8) is 0 Å². The lowest BCUT2D eigenvalue weighted by atomic mass is 10.2. The SMILES string of the molecule is CSCC[C@H](NC(=O)OC(C)(C)C)C(=O)Nc1nc(-c2ccccc2)cs1.S. The molecule has 154 valence electrons. The van der Waals surface area contributed by atoms with Gasteiger partial charge in [-0.05, 0) is 39.2 Å². The van der Waals surface area contributed by atoms with Crippen LogP contribution in [-0.4, -0.2) is 40.6 Å². The molecule has 0 saturated heterocycles. The molecule has 0 aliphatic carbocycles. The highest BCUT2D eigenvalue weighted by Gasteiger charge is 2.24. The smallest absolute Gasteiger partial charge is 0.408 e. The number of carbonyl (C=O) groups is 2. The van der Waals surface area contributed by atoms with Crippen LogP contribution in [0.25, 0.3) is 11.3 Å². The molecule has 0 spiro atoms. The predicted octanol–water partition coefficient (Wildman–Crippen LogP) is 4.51. The number of hydrogen-bond donors (Lipinski definition) is 2. The van der Waals surface area contributed by atoms with Crippen molar-refractivity contribution in [2.75, 3.05) is 17.3 Å². The second kappa shape index (κ2) is 11.3. The molecule has 0 bridgehead atoms. The van der Waals surface area contributed by atoms with Gasteiger partial charge in [-0.1, -0.05) is 30.3 Å². The van der Waals surface area contributed by atoms with Crippen molar-refractivity contribution in [1.82, 2.24) is 10.3 Å². The maximum absolute atomic E-state index is 12.6. The second-order valence-corrected chi connectivity index (χ2v) is 8.72. The zero-order valence-electron chi connectivity index (χ0n) is 16.4. The van der Waals surface area contributed by atoms with E-state index in [1.807, 2.05) is 42.0 Å². The summed E-state index contributed by atoms with van der Waals surface area (Å²) in [5.41, 5.74) is 1.17. The van der Waals surface area contributed by atoms with Gasteiger partial charge in [-0.15, -0.1) is 11.3 Å². The summed E-state index contributed by atoms with van der Waals surface area (Å²) in [5, 5.41) is 7.85. The van der Waals surface area contributed by atoms with Crippen LogP contribution in [0.5, 0.6) is 0 Å². The molecular weight excluding hydrogens is 414 g/mol. The Bertz CT molecular complexity index is 761. The van der Waals surface area contributed by atoms with Crippen molar-refractivity contribution >= 4 is 53.7 Å². The fraction of sp³-hybridized carbons (Fsp3) is 0.421. The van der Waals surface area contributed by atoms with Gasteiger partial charge >= 0.3 is 6.09 Å². The minimum absolute atomic E-state index is 0. The van der Waals surface area contributed by atoms with Gasteiger partial charge in [0.05, 0.1) is 5.69 Å². The van der Waals surface area contributed by atoms with Crippen LogP contribution in [0.3, 0.4) is 0 Å². The number of ether oxygens (including phenoxy) is 1. The quantitative estimate of drug-likeness (QED) is 0.661. The Morgan fingerprint density at radius 1 is 1.25 bits per heavy atom. The number of anilines is 1. The molecule has 2 rings (SSSR count). The number of aromatic nitrogens is 1. The van der Waals surface area contributed by atoms with Gasteiger partial charge in [0.1, 0.15) is 11.6 Å². The number of alkyl carbamates (subject to hydrolysis) is 1. The Balaban J connectivity index is 0.00000392. The van der Waals surface area contributed by atoms with Gasteiger partial charge in [0.25, 0.3) is 0 Å². The molecule has 2 aromatic rings. The molecule has 0 aliphatic heterocycles. The predicted molar refractivity (Wildman–Crippen MR) is 123 cm³/mol. The first kappa shape index (κ1) is 24.3. The Morgan fingerprint density at radius 3 is 2.54 bits per heavy atom. The second-order valence-electron chi connectivity index (χ2n) is 6.87. The maximum Gasteiger partial charge on any atom is 0.408 e. The third-order valence-electron chi connectivity index (χ3n) is 3.42. The highest BCUT2D eigenvalue weighted by Crippen LogP contribution is 2.24. The van der Waals surface area contributed by atoms with Crippen molar-refractivity contribution in [3.8, 4) is 11.3 Å². The minimum Gasteiger partial charge on any atom is -0.444 e. The van der Waals surface area contributed by atoms with E-state index in [-0.39, 0.29) is 19.4 Å². The molecule has 1 aromatic carbocycles. The fourth-order valence-electron chi connectivity index (χ4n) is 2.22. The molecule has 2 amide bonds. The molecule has 2 N–H and O–H groups in total. The van der Waals surface area contributed by atoms with Crippen molar-refractivity contribution in [1.29, 1.82) is 0 Å². The van der Waals surface area contributed by atoms with Crippen LogP contribution in [0.2, 0.25) is 0 Å². The molecule has 0 fully saturated rings. The third kappa shape index (κ3) is 8.12. The lowest BCUT2D eigenvalue weighted by molar-refractivity contribution is -0.118. The first-order valence-electron chi connectivity index (χ1n) is 8.59. The minimum atomic E-state index is -0.684. The number of carbonyl (C=O) groups excluding carboxylic acids is 2. The van der Waals surface area contributed by atoms with Crippen molar-refractivity contribution in [2.45, 2.75) is 38.8 Å². The number of benzene rings is 1. The zero-order valence-corrected chi connectivity index (χ0v) is 19.1. The van der Waals surface area contributed by atoms with Gasteiger partial charge in [-0.25, -0.2) is 9.78 Å². The number of thiazole rings is 1. The van der Waals surface area contributed by atoms with Crippen LogP contribution in [0.15, 0.2) is 35.7 Å². The molecule has 0 unspecified atom stereocenters. The summed E-state index contributed by atoms with van der Waals surface area (Å²) >= 11 is 2.96. The van der Waals surface area contributed by atoms with E-state index in [2.05, 4.69) is 15.6 Å². The Kier molecular flexibility index (Phi) is 9.84. The van der Waals surface area contributed by atoms with Crippen LogP contribution in [0.4, 0.5) is 9.93 Å². The largest absolute Gasteiger partial charge is 0.444 e. The van der Waals surface area contributed by atoms with Crippen LogP contribution < -0.4 is 10.6 Å². The van der Waals surface area contributed by atoms with Crippen LogP contribution in [0.1, 0.15) is 27.2 Å². The number of amides is 2. The number of rotatable bonds is 7. The van der Waals surface area contributed by atoms with Gasteiger partial charge in [0.2, 0.25) is 5.91 Å². The average molecular weight is 442 g/mol. The van der Waals surface area contributed by atoms with Crippen LogP contribution in [-0.2, 0) is 9.53 Å². The monoisotopic (exact) mass is 441 g/mol. The van der Waals surface area contributed by atoms with E-state index in [0.717, 1.165) is 17.0 Å². The third-order valence-corrected chi connectivity index (χ3v) is 4.82. The van der Waals surface area contributed by atoms with Gasteiger partial charge in [-0.2, -0.15) is 25.3 Å². The summed E-state index contributed by atoms with van der Waals surface area (Å²) in [4.78, 5) is 29.1. The summed E-state index contributed by atoms with van der Waals surface area (Å²) < 4.78 is 5.26. The molecule has 1 heterocycles. The summed E-state index contributed by atoms with van der Waals surface area (Å²) in [6.07, 6.45) is 1.85. The van der Waals surface area contributed by atoms with Crippen LogP contribution in [0, 0.1) is 0 Å². The number of hydrogen-bond acceptors (Lipinski definition) is 6. The highest BCUT2D eigenvalue weighted by atomic mass is 32.2. The van der Waals surface area contributed by atoms with E-state index in [0.29, 0.717) is 11.6 Å². The van der Waals surface area contributed by atoms with Crippen molar-refractivity contribution < 1.29 is 14.3 Å². The molecule has 1 aromatic heterocycles. The summed E-state index contributed by atoms with van der Waals surface area (Å²) in [5.74, 6) is 0.435. The average Bonchev–Trinajstić information content (AvgIpc) is 3.06. The lowest BCUT2D eigenvalue weighted by Crippen LogP contribution is -2.46. The van der Waals surface area contributed by atoms with Crippen LogP contribution >= 0.6 is 36.6 Å². The fourth-order valence-corrected chi connectivity index (χ4v) is 3.41. The topological polar surface area (TPSA) is 80.3 Å². The van der Waals surface area contributed by atoms with Crippen molar-refractivity contribution in [3.05, 3.63) is 35.7 Å². The Labute approximate surface area is 181 Å². The van der Waals surface area contributed by atoms with Gasteiger partial charge in [0.15, 0.2) is 5.13 Å². The molecule has 0 aliphatic rings. The molecular formula is C19H27N3O3S3. The highest BCUT2D eigenvalue weighted by molar-refractivity contribution is 7.98. The first-order chi connectivity index (χ1) is 12.8. The molecule has 0 saturated carbocycles.